The molecular formula is C11H14BrNO4. The first kappa shape index (κ1) is 13.8. The van der Waals surface area contributed by atoms with E-state index in [1.54, 1.807) is 12.1 Å². The Morgan fingerprint density at radius 1 is 1.41 bits per heavy atom. The molecule has 3 N–H and O–H groups in total. The summed E-state index contributed by atoms with van der Waals surface area (Å²) in [5.74, 6) is -0.952. The number of carboxylic acid groups (broad SMARTS) is 1. The molecular weight excluding hydrogens is 290 g/mol. The molecule has 6 heteroatoms. The number of hydrogen-bond donors (Lipinski definition) is 2. The fraction of sp³-hybridized carbons (Fsp3) is 0.364. The van der Waals surface area contributed by atoms with Crippen molar-refractivity contribution in [1.82, 2.24) is 0 Å². The molecule has 0 bridgehead atoms. The average molecular weight is 304 g/mol. The Balaban J connectivity index is 3.37. The zero-order valence-electron chi connectivity index (χ0n) is 9.57. The van der Waals surface area contributed by atoms with Crippen LogP contribution in [0.25, 0.3) is 0 Å². The Hall–Kier alpha value is -1.27. The largest absolute Gasteiger partial charge is 0.493 e. The lowest BCUT2D eigenvalue weighted by molar-refractivity contribution is -0.138. The topological polar surface area (TPSA) is 81.8 Å². The van der Waals surface area contributed by atoms with E-state index >= 15 is 0 Å². The number of benzene rings is 1. The Labute approximate surface area is 108 Å². The quantitative estimate of drug-likeness (QED) is 0.863. The second-order valence-corrected chi connectivity index (χ2v) is 4.18. The molecule has 5 nitrogen and oxygen atoms in total. The van der Waals surface area contributed by atoms with Crippen LogP contribution in [0.3, 0.4) is 0 Å². The maximum atomic E-state index is 11.1. The summed E-state index contributed by atoms with van der Waals surface area (Å²) >= 11 is 3.31. The predicted octanol–water partition coefficient (Wildman–Crippen LogP) is 1.59. The standard InChI is InChI=1S/C11H14BrNO4/c1-16-9-6(7(5-13)11(14)15)3-4-8(12)10(9)17-2/h3-4,7H,5,13H2,1-2H3,(H,14,15). The highest BCUT2D eigenvalue weighted by Crippen LogP contribution is 2.40. The van der Waals surface area contributed by atoms with Crippen molar-refractivity contribution in [3.05, 3.63) is 22.2 Å². The van der Waals surface area contributed by atoms with E-state index in [-0.39, 0.29) is 6.54 Å². The molecule has 0 fully saturated rings. The molecule has 0 saturated heterocycles. The van der Waals surface area contributed by atoms with Gasteiger partial charge in [0, 0.05) is 12.1 Å². The monoisotopic (exact) mass is 303 g/mol. The molecule has 0 saturated carbocycles. The van der Waals surface area contributed by atoms with Gasteiger partial charge in [-0.3, -0.25) is 4.79 Å². The van der Waals surface area contributed by atoms with Crippen LogP contribution in [0, 0.1) is 0 Å². The molecule has 0 amide bonds. The molecule has 0 radical (unpaired) electrons. The molecule has 0 aliphatic rings. The van der Waals surface area contributed by atoms with Crippen LogP contribution in [0.2, 0.25) is 0 Å². The van der Waals surface area contributed by atoms with E-state index in [2.05, 4.69) is 15.9 Å². The third-order valence-electron chi connectivity index (χ3n) is 2.41. The smallest absolute Gasteiger partial charge is 0.312 e. The van der Waals surface area contributed by atoms with E-state index in [0.717, 1.165) is 0 Å². The highest BCUT2D eigenvalue weighted by atomic mass is 79.9. The van der Waals surface area contributed by atoms with Gasteiger partial charge in [-0.15, -0.1) is 0 Å². The second kappa shape index (κ2) is 5.88. The first-order chi connectivity index (χ1) is 8.06. The number of ether oxygens (including phenoxy) is 2. The maximum Gasteiger partial charge on any atom is 0.312 e. The lowest BCUT2D eigenvalue weighted by Crippen LogP contribution is -2.21. The first-order valence-electron chi connectivity index (χ1n) is 4.90. The predicted molar refractivity (Wildman–Crippen MR) is 66.7 cm³/mol. The molecule has 1 aromatic rings. The molecule has 1 aromatic carbocycles. The van der Waals surface area contributed by atoms with Gasteiger partial charge in [-0.1, -0.05) is 6.07 Å². The average Bonchev–Trinajstić information content (AvgIpc) is 2.30. The minimum atomic E-state index is -0.991. The van der Waals surface area contributed by atoms with Crippen molar-refractivity contribution in [2.24, 2.45) is 5.73 Å². The zero-order chi connectivity index (χ0) is 13.0. The third-order valence-corrected chi connectivity index (χ3v) is 3.04. The Morgan fingerprint density at radius 2 is 2.00 bits per heavy atom. The fourth-order valence-electron chi connectivity index (χ4n) is 1.59. The second-order valence-electron chi connectivity index (χ2n) is 3.33. The van der Waals surface area contributed by atoms with Gasteiger partial charge < -0.3 is 20.3 Å². The molecule has 0 aromatic heterocycles. The van der Waals surface area contributed by atoms with E-state index in [1.807, 2.05) is 0 Å². The minimum Gasteiger partial charge on any atom is -0.493 e. The molecule has 1 rings (SSSR count). The number of nitrogens with two attached hydrogens (primary N) is 1. The summed E-state index contributed by atoms with van der Waals surface area (Å²) in [7, 11) is 2.95. The van der Waals surface area contributed by atoms with Crippen molar-refractivity contribution in [3.8, 4) is 11.5 Å². The van der Waals surface area contributed by atoms with Crippen LogP contribution >= 0.6 is 15.9 Å². The van der Waals surface area contributed by atoms with E-state index in [0.29, 0.717) is 21.5 Å². The Bertz CT molecular complexity index is 422. The van der Waals surface area contributed by atoms with Gasteiger partial charge in [-0.05, 0) is 22.0 Å². The molecule has 0 aliphatic carbocycles. The van der Waals surface area contributed by atoms with Crippen LogP contribution in [0.5, 0.6) is 11.5 Å². The van der Waals surface area contributed by atoms with Crippen LogP contribution in [0.4, 0.5) is 0 Å². The summed E-state index contributed by atoms with van der Waals surface area (Å²) in [5.41, 5.74) is 5.97. The first-order valence-corrected chi connectivity index (χ1v) is 5.69. The summed E-state index contributed by atoms with van der Waals surface area (Å²) in [6.07, 6.45) is 0. The molecule has 94 valence electrons. The van der Waals surface area contributed by atoms with Gasteiger partial charge in [0.25, 0.3) is 0 Å². The van der Waals surface area contributed by atoms with Crippen LogP contribution in [-0.2, 0) is 4.79 Å². The van der Waals surface area contributed by atoms with E-state index in [4.69, 9.17) is 20.3 Å². The summed E-state index contributed by atoms with van der Waals surface area (Å²) in [5, 5.41) is 9.09. The van der Waals surface area contributed by atoms with Gasteiger partial charge in [0.05, 0.1) is 24.6 Å². The molecule has 1 unspecified atom stereocenters. The van der Waals surface area contributed by atoms with Crippen molar-refractivity contribution >= 4 is 21.9 Å². The number of carboxylic acids is 1. The van der Waals surface area contributed by atoms with Gasteiger partial charge in [-0.25, -0.2) is 0 Å². The molecule has 0 aliphatic heterocycles. The number of hydrogen-bond acceptors (Lipinski definition) is 4. The van der Waals surface area contributed by atoms with E-state index < -0.39 is 11.9 Å². The van der Waals surface area contributed by atoms with Crippen molar-refractivity contribution in [2.45, 2.75) is 5.92 Å². The van der Waals surface area contributed by atoms with Crippen molar-refractivity contribution in [1.29, 1.82) is 0 Å². The molecule has 17 heavy (non-hydrogen) atoms. The number of rotatable bonds is 5. The summed E-state index contributed by atoms with van der Waals surface area (Å²) in [4.78, 5) is 11.1. The SMILES string of the molecule is COc1c(Br)ccc(C(CN)C(=O)O)c1OC. The van der Waals surface area contributed by atoms with E-state index in [9.17, 15) is 4.79 Å². The van der Waals surface area contributed by atoms with Gasteiger partial charge in [0.1, 0.15) is 0 Å². The zero-order valence-corrected chi connectivity index (χ0v) is 11.2. The minimum absolute atomic E-state index is 0.00349. The third kappa shape index (κ3) is 2.70. The van der Waals surface area contributed by atoms with Crippen LogP contribution in [-0.4, -0.2) is 31.8 Å². The van der Waals surface area contributed by atoms with Gasteiger partial charge in [0.15, 0.2) is 11.5 Å². The van der Waals surface area contributed by atoms with Crippen LogP contribution in [0.1, 0.15) is 11.5 Å². The molecule has 0 spiro atoms. The van der Waals surface area contributed by atoms with Crippen LogP contribution in [0.15, 0.2) is 16.6 Å². The van der Waals surface area contributed by atoms with Gasteiger partial charge in [0.2, 0.25) is 0 Å². The Morgan fingerprint density at radius 3 is 2.41 bits per heavy atom. The number of carbonyl (C=O) groups is 1. The highest BCUT2D eigenvalue weighted by molar-refractivity contribution is 9.10. The summed E-state index contributed by atoms with van der Waals surface area (Å²) in [6, 6.07) is 3.37. The van der Waals surface area contributed by atoms with Crippen molar-refractivity contribution < 1.29 is 19.4 Å². The summed E-state index contributed by atoms with van der Waals surface area (Å²) < 4.78 is 11.1. The van der Waals surface area contributed by atoms with Gasteiger partial charge in [-0.2, -0.15) is 0 Å². The van der Waals surface area contributed by atoms with Crippen molar-refractivity contribution in [2.75, 3.05) is 20.8 Å². The highest BCUT2D eigenvalue weighted by Gasteiger charge is 2.25. The molecule has 0 heterocycles. The van der Waals surface area contributed by atoms with Crippen molar-refractivity contribution in [3.63, 3.8) is 0 Å². The normalized spacial score (nSPS) is 12.0. The number of halogens is 1. The summed E-state index contributed by atoms with van der Waals surface area (Å²) in [6.45, 7) is -0.00349. The number of aliphatic carboxylic acids is 1. The lowest BCUT2D eigenvalue weighted by atomic mass is 9.98. The Kier molecular flexibility index (Phi) is 4.77. The maximum absolute atomic E-state index is 11.1. The number of methoxy groups -OCH3 is 2. The fourth-order valence-corrected chi connectivity index (χ4v) is 2.06. The lowest BCUT2D eigenvalue weighted by Gasteiger charge is -2.17. The van der Waals surface area contributed by atoms with Crippen LogP contribution < -0.4 is 15.2 Å². The molecule has 1 atom stereocenters. The van der Waals surface area contributed by atoms with E-state index in [1.165, 1.54) is 14.2 Å². The van der Waals surface area contributed by atoms with Gasteiger partial charge >= 0.3 is 5.97 Å².